The smallest absolute Gasteiger partial charge is 0.274 e. The van der Waals surface area contributed by atoms with Gasteiger partial charge in [0, 0.05) is 38.2 Å². The van der Waals surface area contributed by atoms with Crippen LogP contribution in [0, 0.1) is 0 Å². The summed E-state index contributed by atoms with van der Waals surface area (Å²) in [4.78, 5) is 25.4. The molecule has 1 fully saturated rings. The molecule has 10 heteroatoms. The van der Waals surface area contributed by atoms with E-state index in [9.17, 15) is 4.79 Å². The van der Waals surface area contributed by atoms with E-state index in [-0.39, 0.29) is 11.7 Å². The van der Waals surface area contributed by atoms with Gasteiger partial charge in [0.15, 0.2) is 0 Å². The zero-order chi connectivity index (χ0) is 25.5. The number of aromatic nitrogens is 4. The van der Waals surface area contributed by atoms with Crippen LogP contribution in [0.3, 0.4) is 0 Å². The summed E-state index contributed by atoms with van der Waals surface area (Å²) in [6.07, 6.45) is 0.883. The Morgan fingerprint density at radius 3 is 2.89 bits per heavy atom. The second-order valence-corrected chi connectivity index (χ2v) is 9.70. The van der Waals surface area contributed by atoms with Crippen molar-refractivity contribution in [2.24, 2.45) is 0 Å². The van der Waals surface area contributed by atoms with E-state index in [4.69, 9.17) is 28.9 Å². The van der Waals surface area contributed by atoms with Crippen LogP contribution in [0.1, 0.15) is 18.9 Å². The van der Waals surface area contributed by atoms with Crippen LogP contribution in [-0.4, -0.2) is 77.3 Å². The summed E-state index contributed by atoms with van der Waals surface area (Å²) in [6.45, 7) is 5.71. The van der Waals surface area contributed by atoms with Gasteiger partial charge in [0.2, 0.25) is 5.88 Å². The molecule has 2 aromatic heterocycles. The molecule has 2 unspecified atom stereocenters. The van der Waals surface area contributed by atoms with E-state index in [1.807, 2.05) is 30.3 Å². The van der Waals surface area contributed by atoms with Crippen LogP contribution in [0.25, 0.3) is 33.2 Å². The van der Waals surface area contributed by atoms with Gasteiger partial charge in [-0.3, -0.25) is 19.5 Å². The second kappa shape index (κ2) is 9.77. The topological polar surface area (TPSA) is 104 Å². The Balaban J connectivity index is 1.56. The second-order valence-electron chi connectivity index (χ2n) is 9.70. The number of hydrogen-bond acceptors (Lipinski definition) is 8. The van der Waals surface area contributed by atoms with Crippen LogP contribution >= 0.6 is 0 Å². The molecule has 2 aliphatic rings. The lowest BCUT2D eigenvalue weighted by Gasteiger charge is -2.21. The Kier molecular flexibility index (Phi) is 6.31. The first-order valence-electron chi connectivity index (χ1n) is 12.6. The first-order valence-corrected chi connectivity index (χ1v) is 12.6. The SMILES string of the molecule is COCCOCc1cc2c3nc(c(OC)nc3c1)-c1cccc3c(=O)n([nH]c13)CCN1CC(C[C@H]1C)O2. The molecule has 37 heavy (non-hydrogen) atoms. The van der Waals surface area contributed by atoms with Crippen LogP contribution in [0.5, 0.6) is 11.6 Å². The number of aromatic amines is 1. The fraction of sp³-hybridized carbons (Fsp3) is 0.444. The Bertz CT molecular complexity index is 1510. The van der Waals surface area contributed by atoms with Gasteiger partial charge in [-0.05, 0) is 30.7 Å². The van der Waals surface area contributed by atoms with Crippen LogP contribution in [0.2, 0.25) is 0 Å². The first-order chi connectivity index (χ1) is 18.1. The van der Waals surface area contributed by atoms with E-state index in [0.717, 1.165) is 36.2 Å². The lowest BCUT2D eigenvalue weighted by molar-refractivity contribution is 0.0615. The van der Waals surface area contributed by atoms with Crippen LogP contribution in [0.15, 0.2) is 35.1 Å². The molecule has 2 aliphatic heterocycles. The molecular weight excluding hydrogens is 474 g/mol. The zero-order valence-corrected chi connectivity index (χ0v) is 21.3. The number of nitrogens with zero attached hydrogens (tertiary/aromatic N) is 4. The van der Waals surface area contributed by atoms with Crippen molar-refractivity contribution in [3.8, 4) is 22.9 Å². The molecule has 1 N–H and O–H groups in total. The minimum atomic E-state index is -0.0436. The van der Waals surface area contributed by atoms with Crippen LogP contribution < -0.4 is 15.0 Å². The van der Waals surface area contributed by atoms with Gasteiger partial charge in [-0.25, -0.2) is 9.97 Å². The van der Waals surface area contributed by atoms with Crippen molar-refractivity contribution in [3.05, 3.63) is 46.2 Å². The number of ether oxygens (including phenoxy) is 4. The number of fused-ring (bicyclic) bond motifs is 5. The summed E-state index contributed by atoms with van der Waals surface area (Å²) in [5, 5.41) is 3.95. The molecule has 6 rings (SSSR count). The number of H-pyrrole nitrogens is 1. The molecule has 4 aromatic rings. The molecule has 0 saturated carbocycles. The van der Waals surface area contributed by atoms with Crippen molar-refractivity contribution in [2.45, 2.75) is 38.6 Å². The third-order valence-electron chi connectivity index (χ3n) is 7.27. The number of benzene rings is 2. The number of methoxy groups -OCH3 is 2. The quantitative estimate of drug-likeness (QED) is 0.399. The molecule has 3 atom stereocenters. The molecule has 2 aromatic carbocycles. The van der Waals surface area contributed by atoms with Gasteiger partial charge >= 0.3 is 0 Å². The maximum Gasteiger partial charge on any atom is 0.274 e. The Morgan fingerprint density at radius 2 is 2.05 bits per heavy atom. The van der Waals surface area contributed by atoms with Gasteiger partial charge in [0.1, 0.15) is 23.1 Å². The highest BCUT2D eigenvalue weighted by atomic mass is 16.5. The van der Waals surface area contributed by atoms with E-state index in [1.165, 1.54) is 0 Å². The summed E-state index contributed by atoms with van der Waals surface area (Å²) in [5.74, 6) is 1.05. The number of para-hydroxylation sites is 1. The fourth-order valence-electron chi connectivity index (χ4n) is 5.38. The highest BCUT2D eigenvalue weighted by Gasteiger charge is 2.31. The van der Waals surface area contributed by atoms with Crippen LogP contribution in [-0.2, 0) is 22.6 Å². The molecule has 0 spiro atoms. The van der Waals surface area contributed by atoms with Gasteiger partial charge in [0.25, 0.3) is 5.56 Å². The number of rotatable bonds is 6. The van der Waals surface area contributed by atoms with E-state index in [1.54, 1.807) is 18.9 Å². The van der Waals surface area contributed by atoms with E-state index < -0.39 is 0 Å². The predicted octanol–water partition coefficient (Wildman–Crippen LogP) is 2.97. The third kappa shape index (κ3) is 4.35. The number of nitrogens with one attached hydrogen (secondary N) is 1. The molecule has 10 nitrogen and oxygen atoms in total. The lowest BCUT2D eigenvalue weighted by Crippen LogP contribution is -2.33. The van der Waals surface area contributed by atoms with Gasteiger partial charge in [0.05, 0.1) is 49.9 Å². The summed E-state index contributed by atoms with van der Waals surface area (Å²) < 4.78 is 24.9. The van der Waals surface area contributed by atoms with Crippen molar-refractivity contribution in [3.63, 3.8) is 0 Å². The summed E-state index contributed by atoms with van der Waals surface area (Å²) in [5.41, 5.74) is 4.24. The van der Waals surface area contributed by atoms with Gasteiger partial charge in [-0.1, -0.05) is 12.1 Å². The standard InChI is InChI=1S/C27H31N5O5/c1-16-11-18-14-31(16)7-8-32-27(33)20-6-4-5-19(23(20)30-32)24-26(35-3)28-21-12-17(15-36-10-9-34-2)13-22(37-18)25(21)29-24/h4-6,12-13,16,18,30H,7-11,14-15H2,1-3H3/t16-,18?/m1/s1. The van der Waals surface area contributed by atoms with Crippen molar-refractivity contribution in [1.29, 1.82) is 0 Å². The maximum atomic E-state index is 13.2. The average molecular weight is 506 g/mol. The summed E-state index contributed by atoms with van der Waals surface area (Å²) in [6, 6.07) is 9.93. The van der Waals surface area contributed by atoms with Crippen molar-refractivity contribution >= 4 is 21.9 Å². The molecular formula is C27H31N5O5. The van der Waals surface area contributed by atoms with Gasteiger partial charge in [-0.2, -0.15) is 0 Å². The minimum Gasteiger partial charge on any atom is -0.487 e. The largest absolute Gasteiger partial charge is 0.487 e. The predicted molar refractivity (Wildman–Crippen MR) is 139 cm³/mol. The molecule has 1 saturated heterocycles. The monoisotopic (exact) mass is 505 g/mol. The fourth-order valence-corrected chi connectivity index (χ4v) is 5.38. The normalized spacial score (nSPS) is 21.0. The highest BCUT2D eigenvalue weighted by Crippen LogP contribution is 2.36. The minimum absolute atomic E-state index is 0.00278. The van der Waals surface area contributed by atoms with Crippen LogP contribution in [0.4, 0.5) is 0 Å². The van der Waals surface area contributed by atoms with E-state index >= 15 is 0 Å². The molecule has 0 radical (unpaired) electrons. The van der Waals surface area contributed by atoms with Gasteiger partial charge in [-0.15, -0.1) is 0 Å². The van der Waals surface area contributed by atoms with Crippen molar-refractivity contribution in [2.75, 3.05) is 40.5 Å². The summed E-state index contributed by atoms with van der Waals surface area (Å²) >= 11 is 0. The molecule has 6 bridgehead atoms. The highest BCUT2D eigenvalue weighted by molar-refractivity contribution is 5.95. The first kappa shape index (κ1) is 23.9. The maximum absolute atomic E-state index is 13.2. The Labute approximate surface area is 214 Å². The molecule has 194 valence electrons. The zero-order valence-electron chi connectivity index (χ0n) is 21.3. The Hall–Kier alpha value is -3.47. The third-order valence-corrected chi connectivity index (χ3v) is 7.27. The van der Waals surface area contributed by atoms with E-state index in [2.05, 4.69) is 16.9 Å². The van der Waals surface area contributed by atoms with E-state index in [0.29, 0.717) is 66.2 Å². The summed E-state index contributed by atoms with van der Waals surface area (Å²) in [7, 11) is 3.23. The number of hydrogen-bond donors (Lipinski definition) is 1. The van der Waals surface area contributed by atoms with Crippen molar-refractivity contribution < 1.29 is 18.9 Å². The molecule has 4 heterocycles. The van der Waals surface area contributed by atoms with Crippen molar-refractivity contribution in [1.82, 2.24) is 24.6 Å². The molecule has 0 aliphatic carbocycles. The van der Waals surface area contributed by atoms with Gasteiger partial charge < -0.3 is 18.9 Å². The molecule has 0 amide bonds. The lowest BCUT2D eigenvalue weighted by atomic mass is 10.1. The Morgan fingerprint density at radius 1 is 1.16 bits per heavy atom. The average Bonchev–Trinajstić information content (AvgIpc) is 3.42.